The van der Waals surface area contributed by atoms with Crippen LogP contribution in [0.5, 0.6) is 0 Å². The number of hydrogen-bond donors (Lipinski definition) is 3. The Hall–Kier alpha value is -3.81. The summed E-state index contributed by atoms with van der Waals surface area (Å²) in [4.78, 5) is 23.5. The van der Waals surface area contributed by atoms with Gasteiger partial charge < -0.3 is 16.4 Å². The van der Waals surface area contributed by atoms with Crippen LogP contribution in [-0.2, 0) is 12.7 Å². The summed E-state index contributed by atoms with van der Waals surface area (Å²) in [6.45, 7) is 0.233. The fourth-order valence-electron chi connectivity index (χ4n) is 2.90. The number of primary amides is 1. The molecule has 0 aliphatic rings. The lowest BCUT2D eigenvalue weighted by molar-refractivity contribution is -0.137. The average molecular weight is 413 g/mol. The van der Waals surface area contributed by atoms with Crippen LogP contribution in [0.2, 0.25) is 0 Å². The van der Waals surface area contributed by atoms with Crippen LogP contribution in [-0.4, -0.2) is 11.9 Å². The van der Waals surface area contributed by atoms with Crippen molar-refractivity contribution in [1.82, 2.24) is 5.32 Å². The van der Waals surface area contributed by atoms with E-state index >= 15 is 0 Å². The van der Waals surface area contributed by atoms with E-state index in [2.05, 4.69) is 10.6 Å². The summed E-state index contributed by atoms with van der Waals surface area (Å²) in [7, 11) is 0. The van der Waals surface area contributed by atoms with Crippen LogP contribution in [0.25, 0.3) is 11.1 Å². The van der Waals surface area contributed by atoms with Crippen molar-refractivity contribution in [3.63, 3.8) is 0 Å². The SMILES string of the molecule is NC(=O)Nc1ccc(CNC(=O)c2ccccc2-c2ccc(C(F)(F)F)cc2)cc1. The standard InChI is InChI=1S/C22H18F3N3O2/c23-22(24,25)16-9-7-15(8-10-16)18-3-1-2-4-19(18)20(29)27-13-14-5-11-17(12-6-14)28-21(26)30/h1-12H,13H2,(H,27,29)(H3,26,28,30). The molecule has 0 spiro atoms. The first-order valence-electron chi connectivity index (χ1n) is 8.94. The number of alkyl halides is 3. The Morgan fingerprint density at radius 3 is 2.10 bits per heavy atom. The fraction of sp³-hybridized carbons (Fsp3) is 0.0909. The Balaban J connectivity index is 1.73. The monoisotopic (exact) mass is 413 g/mol. The lowest BCUT2D eigenvalue weighted by Gasteiger charge is -2.12. The van der Waals surface area contributed by atoms with E-state index in [0.717, 1.165) is 17.7 Å². The summed E-state index contributed by atoms with van der Waals surface area (Å²) in [5, 5.41) is 5.23. The molecule has 0 saturated carbocycles. The molecule has 30 heavy (non-hydrogen) atoms. The van der Waals surface area contributed by atoms with Gasteiger partial charge in [-0.1, -0.05) is 42.5 Å². The minimum Gasteiger partial charge on any atom is -0.351 e. The third-order valence-electron chi connectivity index (χ3n) is 4.37. The van der Waals surface area contributed by atoms with Gasteiger partial charge in [-0.25, -0.2) is 4.79 Å². The van der Waals surface area contributed by atoms with Crippen molar-refractivity contribution in [2.45, 2.75) is 12.7 Å². The highest BCUT2D eigenvalue weighted by atomic mass is 19.4. The van der Waals surface area contributed by atoms with Gasteiger partial charge in [-0.15, -0.1) is 0 Å². The van der Waals surface area contributed by atoms with E-state index in [9.17, 15) is 22.8 Å². The molecule has 4 N–H and O–H groups in total. The van der Waals surface area contributed by atoms with Crippen molar-refractivity contribution in [3.05, 3.63) is 89.5 Å². The van der Waals surface area contributed by atoms with E-state index in [0.29, 0.717) is 22.4 Å². The van der Waals surface area contributed by atoms with Crippen LogP contribution in [0.3, 0.4) is 0 Å². The number of carbonyl (C=O) groups is 2. The number of anilines is 1. The van der Waals surface area contributed by atoms with E-state index < -0.39 is 17.8 Å². The van der Waals surface area contributed by atoms with Crippen LogP contribution >= 0.6 is 0 Å². The predicted molar refractivity (Wildman–Crippen MR) is 108 cm³/mol. The third-order valence-corrected chi connectivity index (χ3v) is 4.37. The van der Waals surface area contributed by atoms with Crippen molar-refractivity contribution in [2.75, 3.05) is 5.32 Å². The van der Waals surface area contributed by atoms with Crippen molar-refractivity contribution in [3.8, 4) is 11.1 Å². The van der Waals surface area contributed by atoms with Gasteiger partial charge in [0.2, 0.25) is 0 Å². The summed E-state index contributed by atoms with van der Waals surface area (Å²) in [6.07, 6.45) is -4.42. The van der Waals surface area contributed by atoms with Gasteiger partial charge in [0.05, 0.1) is 5.56 Å². The zero-order chi connectivity index (χ0) is 21.7. The number of rotatable bonds is 5. The smallest absolute Gasteiger partial charge is 0.351 e. The average Bonchev–Trinajstić information content (AvgIpc) is 2.72. The van der Waals surface area contributed by atoms with E-state index in [-0.39, 0.29) is 12.5 Å². The second-order valence-electron chi connectivity index (χ2n) is 6.49. The summed E-state index contributed by atoms with van der Waals surface area (Å²) in [5.74, 6) is -0.357. The molecule has 8 heteroatoms. The molecule has 5 nitrogen and oxygen atoms in total. The molecule has 0 aliphatic heterocycles. The van der Waals surface area contributed by atoms with Gasteiger partial charge in [-0.05, 0) is 47.0 Å². The maximum atomic E-state index is 12.8. The normalized spacial score (nSPS) is 11.0. The number of nitrogens with two attached hydrogens (primary N) is 1. The van der Waals surface area contributed by atoms with Gasteiger partial charge in [-0.3, -0.25) is 4.79 Å². The molecular formula is C22H18F3N3O2. The second-order valence-corrected chi connectivity index (χ2v) is 6.49. The highest BCUT2D eigenvalue weighted by Gasteiger charge is 2.30. The van der Waals surface area contributed by atoms with E-state index in [1.165, 1.54) is 12.1 Å². The number of benzene rings is 3. The highest BCUT2D eigenvalue weighted by molar-refractivity contribution is 6.00. The number of nitrogens with one attached hydrogen (secondary N) is 2. The minimum absolute atomic E-state index is 0.233. The Labute approximate surface area is 170 Å². The van der Waals surface area contributed by atoms with E-state index in [4.69, 9.17) is 5.73 Å². The molecular weight excluding hydrogens is 395 g/mol. The molecule has 0 atom stereocenters. The van der Waals surface area contributed by atoms with Crippen molar-refractivity contribution >= 4 is 17.6 Å². The molecule has 0 radical (unpaired) electrons. The Morgan fingerprint density at radius 1 is 0.867 bits per heavy atom. The van der Waals surface area contributed by atoms with Crippen LogP contribution in [0.4, 0.5) is 23.7 Å². The molecule has 3 aromatic carbocycles. The molecule has 3 aromatic rings. The molecule has 0 heterocycles. The number of hydrogen-bond acceptors (Lipinski definition) is 2. The molecule has 0 aliphatic carbocycles. The minimum atomic E-state index is -4.42. The first kappa shape index (κ1) is 20.9. The number of amides is 3. The molecule has 0 bridgehead atoms. The molecule has 0 unspecified atom stereocenters. The van der Waals surface area contributed by atoms with Gasteiger partial charge in [0.15, 0.2) is 0 Å². The van der Waals surface area contributed by atoms with Crippen LogP contribution in [0.15, 0.2) is 72.8 Å². The fourth-order valence-corrected chi connectivity index (χ4v) is 2.90. The Kier molecular flexibility index (Phi) is 6.06. The van der Waals surface area contributed by atoms with Crippen molar-refractivity contribution < 1.29 is 22.8 Å². The third kappa shape index (κ3) is 5.16. The first-order chi connectivity index (χ1) is 14.2. The van der Waals surface area contributed by atoms with Gasteiger partial charge in [-0.2, -0.15) is 13.2 Å². The highest BCUT2D eigenvalue weighted by Crippen LogP contribution is 2.31. The van der Waals surface area contributed by atoms with Crippen molar-refractivity contribution in [2.24, 2.45) is 5.73 Å². The maximum Gasteiger partial charge on any atom is 0.416 e. The summed E-state index contributed by atoms with van der Waals surface area (Å²) in [6, 6.07) is 17.5. The lowest BCUT2D eigenvalue weighted by Crippen LogP contribution is -2.23. The largest absolute Gasteiger partial charge is 0.416 e. The lowest BCUT2D eigenvalue weighted by atomic mass is 9.98. The van der Waals surface area contributed by atoms with Gasteiger partial charge in [0, 0.05) is 17.8 Å². The summed E-state index contributed by atoms with van der Waals surface area (Å²) in [5.41, 5.74) is 7.03. The molecule has 0 aromatic heterocycles. The van der Waals surface area contributed by atoms with Crippen LogP contribution in [0, 0.1) is 0 Å². The summed E-state index contributed by atoms with van der Waals surface area (Å²) >= 11 is 0. The van der Waals surface area contributed by atoms with Crippen molar-refractivity contribution in [1.29, 1.82) is 0 Å². The van der Waals surface area contributed by atoms with Gasteiger partial charge >= 0.3 is 12.2 Å². The van der Waals surface area contributed by atoms with E-state index in [1.807, 2.05) is 0 Å². The van der Waals surface area contributed by atoms with Gasteiger partial charge in [0.1, 0.15) is 0 Å². The van der Waals surface area contributed by atoms with E-state index in [1.54, 1.807) is 48.5 Å². The topological polar surface area (TPSA) is 84.2 Å². The molecule has 0 saturated heterocycles. The molecule has 0 fully saturated rings. The van der Waals surface area contributed by atoms with Crippen LogP contribution < -0.4 is 16.4 Å². The molecule has 3 amide bonds. The summed E-state index contributed by atoms with van der Waals surface area (Å²) < 4.78 is 38.4. The Bertz CT molecular complexity index is 1050. The second kappa shape index (κ2) is 8.69. The zero-order valence-electron chi connectivity index (χ0n) is 15.7. The Morgan fingerprint density at radius 2 is 1.50 bits per heavy atom. The van der Waals surface area contributed by atoms with Gasteiger partial charge in [0.25, 0.3) is 5.91 Å². The maximum absolute atomic E-state index is 12.8. The van der Waals surface area contributed by atoms with Crippen LogP contribution in [0.1, 0.15) is 21.5 Å². The molecule has 154 valence electrons. The zero-order valence-corrected chi connectivity index (χ0v) is 15.7. The predicted octanol–water partition coefficient (Wildman–Crippen LogP) is 4.79. The number of urea groups is 1. The first-order valence-corrected chi connectivity index (χ1v) is 8.94. The quantitative estimate of drug-likeness (QED) is 0.562. The number of carbonyl (C=O) groups excluding carboxylic acids is 2. The number of halogens is 3. The molecule has 3 rings (SSSR count).